The highest BCUT2D eigenvalue weighted by Gasteiger charge is 2.14. The Bertz CT molecular complexity index is 1370. The van der Waals surface area contributed by atoms with Gasteiger partial charge in [0.05, 0.1) is 42.3 Å². The molecule has 0 bridgehead atoms. The van der Waals surface area contributed by atoms with E-state index >= 15 is 0 Å². The SMILES string of the molecule is CCOc1cc(C=NNC(=O)CSc2nc3ccccc3[nH]2)ccc1OC(=O)c1cccc(OC)c1. The van der Waals surface area contributed by atoms with Crippen LogP contribution in [0.5, 0.6) is 17.2 Å². The van der Waals surface area contributed by atoms with Gasteiger partial charge in [-0.3, -0.25) is 4.79 Å². The van der Waals surface area contributed by atoms with E-state index in [1.807, 2.05) is 31.2 Å². The van der Waals surface area contributed by atoms with Crippen LogP contribution in [0.25, 0.3) is 11.0 Å². The smallest absolute Gasteiger partial charge is 0.343 e. The van der Waals surface area contributed by atoms with E-state index in [0.717, 1.165) is 11.0 Å². The van der Waals surface area contributed by atoms with E-state index in [2.05, 4.69) is 20.5 Å². The maximum Gasteiger partial charge on any atom is 0.343 e. The maximum atomic E-state index is 12.6. The van der Waals surface area contributed by atoms with Gasteiger partial charge in [0.2, 0.25) is 0 Å². The van der Waals surface area contributed by atoms with E-state index in [4.69, 9.17) is 14.2 Å². The van der Waals surface area contributed by atoms with Crippen LogP contribution in [0.2, 0.25) is 0 Å². The fourth-order valence-electron chi connectivity index (χ4n) is 3.21. The molecule has 0 fully saturated rings. The monoisotopic (exact) mass is 504 g/mol. The number of imidazole rings is 1. The Morgan fingerprint density at radius 3 is 2.75 bits per heavy atom. The summed E-state index contributed by atoms with van der Waals surface area (Å²) in [5, 5.41) is 4.67. The van der Waals surface area contributed by atoms with Gasteiger partial charge in [-0.2, -0.15) is 5.10 Å². The van der Waals surface area contributed by atoms with Crippen molar-refractivity contribution in [3.63, 3.8) is 0 Å². The minimum atomic E-state index is -0.537. The molecule has 184 valence electrons. The molecule has 0 atom stereocenters. The topological polar surface area (TPSA) is 115 Å². The Kier molecular flexibility index (Phi) is 8.20. The normalized spacial score (nSPS) is 10.9. The zero-order chi connectivity index (χ0) is 25.3. The number of hydrogen-bond donors (Lipinski definition) is 2. The van der Waals surface area contributed by atoms with Crippen LogP contribution in [-0.4, -0.2) is 47.5 Å². The number of nitrogens with zero attached hydrogens (tertiary/aromatic N) is 2. The number of H-pyrrole nitrogens is 1. The molecule has 3 aromatic carbocycles. The van der Waals surface area contributed by atoms with Gasteiger partial charge < -0.3 is 19.2 Å². The molecule has 4 aromatic rings. The van der Waals surface area contributed by atoms with E-state index in [9.17, 15) is 9.59 Å². The number of hydrogen-bond acceptors (Lipinski definition) is 8. The molecule has 4 rings (SSSR count). The Balaban J connectivity index is 1.35. The lowest BCUT2D eigenvalue weighted by molar-refractivity contribution is -0.118. The van der Waals surface area contributed by atoms with Gasteiger partial charge in [-0.25, -0.2) is 15.2 Å². The van der Waals surface area contributed by atoms with E-state index in [1.54, 1.807) is 42.5 Å². The summed E-state index contributed by atoms with van der Waals surface area (Å²) in [6.07, 6.45) is 1.49. The molecule has 36 heavy (non-hydrogen) atoms. The van der Waals surface area contributed by atoms with Crippen LogP contribution in [0.3, 0.4) is 0 Å². The number of methoxy groups -OCH3 is 1. The summed E-state index contributed by atoms with van der Waals surface area (Å²) >= 11 is 1.29. The number of thioether (sulfide) groups is 1. The summed E-state index contributed by atoms with van der Waals surface area (Å²) in [5.74, 6) is 0.549. The van der Waals surface area contributed by atoms with Gasteiger partial charge in [0, 0.05) is 0 Å². The number of ether oxygens (including phenoxy) is 3. The maximum absolute atomic E-state index is 12.6. The van der Waals surface area contributed by atoms with Gasteiger partial charge in [-0.05, 0) is 61.0 Å². The first-order chi connectivity index (χ1) is 17.6. The van der Waals surface area contributed by atoms with Crippen molar-refractivity contribution in [1.29, 1.82) is 0 Å². The van der Waals surface area contributed by atoms with Gasteiger partial charge in [-0.15, -0.1) is 0 Å². The highest BCUT2D eigenvalue weighted by atomic mass is 32.2. The third-order valence-corrected chi connectivity index (χ3v) is 5.76. The molecule has 0 spiro atoms. The molecule has 2 N–H and O–H groups in total. The summed E-state index contributed by atoms with van der Waals surface area (Å²) in [4.78, 5) is 32.3. The zero-order valence-electron chi connectivity index (χ0n) is 19.7. The number of hydrazone groups is 1. The van der Waals surface area contributed by atoms with Crippen molar-refractivity contribution in [3.05, 3.63) is 77.9 Å². The second-order valence-corrected chi connectivity index (χ2v) is 8.37. The average molecular weight is 505 g/mol. The number of benzene rings is 3. The Morgan fingerprint density at radius 1 is 1.08 bits per heavy atom. The summed E-state index contributed by atoms with van der Waals surface area (Å²) in [6, 6.07) is 19.3. The molecule has 0 unspecified atom stereocenters. The van der Waals surface area contributed by atoms with Crippen LogP contribution in [-0.2, 0) is 4.79 Å². The first-order valence-electron chi connectivity index (χ1n) is 11.1. The van der Waals surface area contributed by atoms with Crippen LogP contribution in [0.1, 0.15) is 22.8 Å². The molecular formula is C26H24N4O5S. The summed E-state index contributed by atoms with van der Waals surface area (Å²) < 4.78 is 16.3. The Hall–Kier alpha value is -4.31. The van der Waals surface area contributed by atoms with E-state index in [1.165, 1.54) is 25.1 Å². The number of nitrogens with one attached hydrogen (secondary N) is 2. The molecule has 10 heteroatoms. The van der Waals surface area contributed by atoms with Gasteiger partial charge in [0.1, 0.15) is 5.75 Å². The minimum absolute atomic E-state index is 0.153. The molecule has 0 aliphatic rings. The Morgan fingerprint density at radius 2 is 1.94 bits per heavy atom. The number of rotatable bonds is 10. The average Bonchev–Trinajstić information content (AvgIpc) is 3.32. The largest absolute Gasteiger partial charge is 0.497 e. The standard InChI is InChI=1S/C26H24N4O5S/c1-3-34-23-13-17(11-12-22(23)35-25(32)18-7-6-8-19(14-18)33-2)15-27-30-24(31)16-36-26-28-20-9-4-5-10-21(20)29-26/h4-15H,3,16H2,1-2H3,(H,28,29)(H,30,31). The first kappa shape index (κ1) is 24.8. The summed E-state index contributed by atoms with van der Waals surface area (Å²) in [7, 11) is 1.53. The Labute approximate surface area is 211 Å². The van der Waals surface area contributed by atoms with E-state index < -0.39 is 5.97 Å². The predicted octanol–water partition coefficient (Wildman–Crippen LogP) is 4.43. The highest BCUT2D eigenvalue weighted by molar-refractivity contribution is 7.99. The predicted molar refractivity (Wildman–Crippen MR) is 138 cm³/mol. The van der Waals surface area contributed by atoms with Crippen LogP contribution < -0.4 is 19.6 Å². The quantitative estimate of drug-likeness (QED) is 0.108. The second kappa shape index (κ2) is 11.9. The van der Waals surface area contributed by atoms with E-state index in [-0.39, 0.29) is 17.4 Å². The minimum Gasteiger partial charge on any atom is -0.497 e. The van der Waals surface area contributed by atoms with Gasteiger partial charge in [0.15, 0.2) is 16.7 Å². The number of esters is 1. The third kappa shape index (κ3) is 6.42. The first-order valence-corrected chi connectivity index (χ1v) is 12.1. The number of fused-ring (bicyclic) bond motifs is 1. The number of carbonyl (C=O) groups excluding carboxylic acids is 2. The molecule has 1 amide bonds. The fraction of sp³-hybridized carbons (Fsp3) is 0.154. The lowest BCUT2D eigenvalue weighted by atomic mass is 10.2. The molecule has 1 aromatic heterocycles. The molecular weight excluding hydrogens is 480 g/mol. The molecule has 1 heterocycles. The van der Waals surface area contributed by atoms with Gasteiger partial charge in [-0.1, -0.05) is 30.0 Å². The summed E-state index contributed by atoms with van der Waals surface area (Å²) in [6.45, 7) is 2.20. The molecule has 0 radical (unpaired) electrons. The van der Waals surface area contributed by atoms with Crippen molar-refractivity contribution >= 4 is 40.9 Å². The van der Waals surface area contributed by atoms with Crippen molar-refractivity contribution in [3.8, 4) is 17.2 Å². The number of aromatic nitrogens is 2. The van der Waals surface area contributed by atoms with Crippen molar-refractivity contribution in [2.75, 3.05) is 19.5 Å². The van der Waals surface area contributed by atoms with Crippen molar-refractivity contribution in [1.82, 2.24) is 15.4 Å². The molecule has 0 aliphatic carbocycles. The molecule has 9 nitrogen and oxygen atoms in total. The highest BCUT2D eigenvalue weighted by Crippen LogP contribution is 2.29. The summed E-state index contributed by atoms with van der Waals surface area (Å²) in [5.41, 5.74) is 5.27. The number of carbonyl (C=O) groups is 2. The van der Waals surface area contributed by atoms with Gasteiger partial charge in [0.25, 0.3) is 5.91 Å². The van der Waals surface area contributed by atoms with Crippen molar-refractivity contribution in [2.24, 2.45) is 5.10 Å². The number of amides is 1. The fourth-order valence-corrected chi connectivity index (χ4v) is 3.89. The van der Waals surface area contributed by atoms with Crippen LogP contribution in [0.15, 0.2) is 77.0 Å². The van der Waals surface area contributed by atoms with Crippen molar-refractivity contribution < 1.29 is 23.8 Å². The zero-order valence-corrected chi connectivity index (χ0v) is 20.5. The number of para-hydroxylation sites is 2. The van der Waals surface area contributed by atoms with Crippen LogP contribution in [0, 0.1) is 0 Å². The lowest BCUT2D eigenvalue weighted by Gasteiger charge is -2.11. The van der Waals surface area contributed by atoms with Crippen LogP contribution >= 0.6 is 11.8 Å². The second-order valence-electron chi connectivity index (χ2n) is 7.40. The van der Waals surface area contributed by atoms with E-state index in [0.29, 0.717) is 34.4 Å². The molecule has 0 saturated carbocycles. The molecule has 0 aliphatic heterocycles. The van der Waals surface area contributed by atoms with Crippen molar-refractivity contribution in [2.45, 2.75) is 12.1 Å². The lowest BCUT2D eigenvalue weighted by Crippen LogP contribution is -2.19. The molecule has 0 saturated heterocycles. The third-order valence-electron chi connectivity index (χ3n) is 4.89. The van der Waals surface area contributed by atoms with Crippen LogP contribution in [0.4, 0.5) is 0 Å². The van der Waals surface area contributed by atoms with Gasteiger partial charge >= 0.3 is 5.97 Å². The number of aromatic amines is 1.